The first-order chi connectivity index (χ1) is 19.8. The molecule has 3 aromatic heterocycles. The van der Waals surface area contributed by atoms with Crippen LogP contribution in [0.4, 0.5) is 0 Å². The molecular formula is C30H34Cl2N4O5. The van der Waals surface area contributed by atoms with Gasteiger partial charge < -0.3 is 19.1 Å². The third-order valence-electron chi connectivity index (χ3n) is 9.70. The van der Waals surface area contributed by atoms with Crippen molar-refractivity contribution in [2.75, 3.05) is 6.61 Å². The lowest BCUT2D eigenvalue weighted by Crippen LogP contribution is -2.49. The minimum absolute atomic E-state index is 0.0564. The van der Waals surface area contributed by atoms with E-state index in [4.69, 9.17) is 37.2 Å². The highest BCUT2D eigenvalue weighted by Crippen LogP contribution is 2.55. The molecule has 5 saturated carbocycles. The Kier molecular flexibility index (Phi) is 6.83. The molecule has 5 fully saturated rings. The van der Waals surface area contributed by atoms with Crippen LogP contribution < -0.4 is 4.74 Å². The quantitative estimate of drug-likeness (QED) is 0.245. The maximum absolute atomic E-state index is 11.9. The lowest BCUT2D eigenvalue weighted by molar-refractivity contribution is -0.150. The fourth-order valence-corrected chi connectivity index (χ4v) is 7.23. The van der Waals surface area contributed by atoms with Gasteiger partial charge in [-0.15, -0.1) is 5.10 Å². The molecule has 0 saturated heterocycles. The third kappa shape index (κ3) is 5.14. The summed E-state index contributed by atoms with van der Waals surface area (Å²) in [7, 11) is 0. The van der Waals surface area contributed by atoms with Crippen molar-refractivity contribution in [3.05, 3.63) is 45.0 Å². The van der Waals surface area contributed by atoms with E-state index < -0.39 is 5.97 Å². The van der Waals surface area contributed by atoms with Gasteiger partial charge in [-0.3, -0.25) is 9.67 Å². The Bertz CT molecular complexity index is 1450. The molecule has 1 N–H and O–H groups in total. The van der Waals surface area contributed by atoms with Gasteiger partial charge in [-0.2, -0.15) is 0 Å². The Morgan fingerprint density at radius 1 is 1.10 bits per heavy atom. The fraction of sp³-hybridized carbons (Fsp3) is 0.600. The van der Waals surface area contributed by atoms with Crippen molar-refractivity contribution in [1.29, 1.82) is 0 Å². The van der Waals surface area contributed by atoms with Crippen LogP contribution in [-0.4, -0.2) is 43.2 Å². The molecule has 0 aromatic carbocycles. The molecule has 0 spiro atoms. The minimum atomic E-state index is -0.949. The molecule has 218 valence electrons. The standard InChI is InChI=1S/C30H34Cl2N4O5/c1-17-25(28(37)38)36(14-18-2-3-18)34-27(17)39-16-29-6-9-30(10-7-29,11-8-29)40-15-20-24(35-41-26(20)19-4-5-19)23-21(31)12-33-13-22(23)32/h12-13,18-19H,2-11,14-16H2,1H3,(H,37,38). The van der Waals surface area contributed by atoms with Crippen molar-refractivity contribution in [2.45, 2.75) is 95.8 Å². The maximum atomic E-state index is 11.9. The summed E-state index contributed by atoms with van der Waals surface area (Å²) in [5.74, 6) is 1.28. The Morgan fingerprint density at radius 3 is 2.39 bits per heavy atom. The van der Waals surface area contributed by atoms with Crippen LogP contribution in [0, 0.1) is 18.3 Å². The summed E-state index contributed by atoms with van der Waals surface area (Å²) in [6, 6.07) is 0. The van der Waals surface area contributed by atoms with Crippen LogP contribution in [0.25, 0.3) is 11.3 Å². The number of carbonyl (C=O) groups is 1. The number of carboxylic acid groups (broad SMARTS) is 1. The zero-order valence-electron chi connectivity index (χ0n) is 23.1. The van der Waals surface area contributed by atoms with Crippen LogP contribution in [-0.2, 0) is 17.9 Å². The lowest BCUT2D eigenvalue weighted by atomic mass is 9.59. The summed E-state index contributed by atoms with van der Waals surface area (Å²) in [5, 5.41) is 19.6. The van der Waals surface area contributed by atoms with Gasteiger partial charge in [0.15, 0.2) is 5.69 Å². The van der Waals surface area contributed by atoms with Crippen molar-refractivity contribution in [3.8, 4) is 17.1 Å². The molecule has 0 radical (unpaired) electrons. The zero-order chi connectivity index (χ0) is 28.4. The first kappa shape index (κ1) is 27.2. The Morgan fingerprint density at radius 2 is 1.78 bits per heavy atom. The first-order valence-electron chi connectivity index (χ1n) is 14.6. The monoisotopic (exact) mass is 600 g/mol. The van der Waals surface area contributed by atoms with Gasteiger partial charge in [-0.1, -0.05) is 28.4 Å². The average Bonchev–Trinajstić information content (AvgIpc) is 3.89. The van der Waals surface area contributed by atoms with Gasteiger partial charge in [0, 0.05) is 47.0 Å². The van der Waals surface area contributed by atoms with Crippen molar-refractivity contribution >= 4 is 29.2 Å². The highest BCUT2D eigenvalue weighted by atomic mass is 35.5. The summed E-state index contributed by atoms with van der Waals surface area (Å²) < 4.78 is 20.5. The van der Waals surface area contributed by atoms with E-state index in [-0.39, 0.29) is 16.7 Å². The molecule has 5 aliphatic rings. The first-order valence-corrected chi connectivity index (χ1v) is 15.4. The second-order valence-electron chi connectivity index (χ2n) is 12.6. The molecule has 11 heteroatoms. The Labute approximate surface area is 248 Å². The molecule has 3 aromatic rings. The summed E-state index contributed by atoms with van der Waals surface area (Å²) in [4.78, 5) is 16.0. The van der Waals surface area contributed by atoms with E-state index in [0.717, 1.165) is 75.5 Å². The normalized spacial score (nSPS) is 25.5. The number of halogens is 2. The second kappa shape index (κ2) is 10.3. The topological polar surface area (TPSA) is 113 Å². The number of nitrogens with zero attached hydrogens (tertiary/aromatic N) is 4. The van der Waals surface area contributed by atoms with Gasteiger partial charge in [0.1, 0.15) is 11.5 Å². The predicted molar refractivity (Wildman–Crippen MR) is 152 cm³/mol. The van der Waals surface area contributed by atoms with E-state index in [1.165, 1.54) is 0 Å². The molecule has 0 amide bonds. The average molecular weight is 602 g/mol. The number of rotatable bonds is 11. The lowest BCUT2D eigenvalue weighted by Gasteiger charge is -2.52. The molecule has 9 nitrogen and oxygen atoms in total. The highest BCUT2D eigenvalue weighted by molar-refractivity contribution is 6.38. The van der Waals surface area contributed by atoms with Gasteiger partial charge in [-0.25, -0.2) is 4.79 Å². The van der Waals surface area contributed by atoms with E-state index in [2.05, 4.69) is 15.2 Å². The van der Waals surface area contributed by atoms with Gasteiger partial charge in [-0.05, 0) is 77.0 Å². The number of carboxylic acids is 1. The molecule has 2 bridgehead atoms. The molecule has 0 aliphatic heterocycles. The molecule has 8 rings (SSSR count). The van der Waals surface area contributed by atoms with Gasteiger partial charge >= 0.3 is 5.97 Å². The largest absolute Gasteiger partial charge is 0.477 e. The van der Waals surface area contributed by atoms with E-state index in [0.29, 0.717) is 64.3 Å². The van der Waals surface area contributed by atoms with E-state index in [1.54, 1.807) is 24.0 Å². The van der Waals surface area contributed by atoms with Gasteiger partial charge in [0.05, 0.1) is 28.9 Å². The molecule has 3 heterocycles. The number of hydrogen-bond donors (Lipinski definition) is 1. The molecule has 0 atom stereocenters. The highest BCUT2D eigenvalue weighted by Gasteiger charge is 2.50. The number of ether oxygens (including phenoxy) is 2. The molecular weight excluding hydrogens is 567 g/mol. The SMILES string of the molecule is Cc1c(OCC23CCC(OCc4c(-c5c(Cl)cncc5Cl)noc4C4CC4)(CC2)CC3)nn(CC2CC2)c1C(=O)O. The Hall–Kier alpha value is -2.62. The summed E-state index contributed by atoms with van der Waals surface area (Å²) in [6.07, 6.45) is 13.4. The smallest absolute Gasteiger partial charge is 0.354 e. The van der Waals surface area contributed by atoms with Crippen LogP contribution in [0.2, 0.25) is 10.0 Å². The predicted octanol–water partition coefficient (Wildman–Crippen LogP) is 7.22. The number of fused-ring (bicyclic) bond motifs is 3. The van der Waals surface area contributed by atoms with Crippen molar-refractivity contribution in [3.63, 3.8) is 0 Å². The van der Waals surface area contributed by atoms with Crippen LogP contribution >= 0.6 is 23.2 Å². The Balaban J connectivity index is 1.03. The van der Waals surface area contributed by atoms with Gasteiger partial charge in [0.2, 0.25) is 5.88 Å². The molecule has 5 aliphatic carbocycles. The van der Waals surface area contributed by atoms with E-state index in [1.807, 2.05) is 0 Å². The number of aromatic nitrogens is 4. The maximum Gasteiger partial charge on any atom is 0.354 e. The van der Waals surface area contributed by atoms with Crippen LogP contribution in [0.5, 0.6) is 5.88 Å². The third-order valence-corrected chi connectivity index (χ3v) is 10.3. The number of pyridine rings is 1. The second-order valence-corrected chi connectivity index (χ2v) is 13.4. The van der Waals surface area contributed by atoms with Crippen molar-refractivity contribution in [2.24, 2.45) is 11.3 Å². The number of hydrogen-bond acceptors (Lipinski definition) is 7. The summed E-state index contributed by atoms with van der Waals surface area (Å²) in [5.41, 5.74) is 2.95. The van der Waals surface area contributed by atoms with Crippen LogP contribution in [0.1, 0.15) is 97.5 Å². The van der Waals surface area contributed by atoms with Crippen LogP contribution in [0.15, 0.2) is 16.9 Å². The summed E-state index contributed by atoms with van der Waals surface area (Å²) in [6.45, 7) is 3.39. The number of aromatic carboxylic acids is 1. The molecule has 0 unspecified atom stereocenters. The summed E-state index contributed by atoms with van der Waals surface area (Å²) >= 11 is 13.0. The van der Waals surface area contributed by atoms with Gasteiger partial charge in [0.25, 0.3) is 0 Å². The van der Waals surface area contributed by atoms with Crippen LogP contribution in [0.3, 0.4) is 0 Å². The van der Waals surface area contributed by atoms with Crippen molar-refractivity contribution in [1.82, 2.24) is 19.9 Å². The van der Waals surface area contributed by atoms with E-state index in [9.17, 15) is 9.90 Å². The zero-order valence-corrected chi connectivity index (χ0v) is 24.6. The minimum Gasteiger partial charge on any atom is -0.477 e. The van der Waals surface area contributed by atoms with Crippen molar-refractivity contribution < 1.29 is 23.9 Å². The van der Waals surface area contributed by atoms with E-state index >= 15 is 0 Å². The molecule has 41 heavy (non-hydrogen) atoms. The fourth-order valence-electron chi connectivity index (χ4n) is 6.68.